The third kappa shape index (κ3) is 3.16. The topological polar surface area (TPSA) is 20.2 Å². The Morgan fingerprint density at radius 1 is 1.05 bits per heavy atom. The summed E-state index contributed by atoms with van der Waals surface area (Å²) in [4.78, 5) is 0. The van der Waals surface area contributed by atoms with Crippen molar-refractivity contribution >= 4 is 0 Å². The van der Waals surface area contributed by atoms with Gasteiger partial charge < -0.3 is 5.11 Å². The third-order valence-electron chi connectivity index (χ3n) is 5.05. The van der Waals surface area contributed by atoms with E-state index in [1.165, 1.54) is 32.1 Å². The Labute approximate surface area is 131 Å². The second-order valence-electron chi connectivity index (χ2n) is 6.42. The molecule has 0 unspecified atom stereocenters. The molecular weight excluding hydrogens is 275 g/mol. The summed E-state index contributed by atoms with van der Waals surface area (Å²) >= 11 is 0. The molecule has 2 aromatic carbocycles. The maximum absolute atomic E-state index is 14.5. The van der Waals surface area contributed by atoms with Gasteiger partial charge in [-0.2, -0.15) is 0 Å². The van der Waals surface area contributed by atoms with Gasteiger partial charge in [0.2, 0.25) is 0 Å². The average Bonchev–Trinajstić information content (AvgIpc) is 2.55. The first-order chi connectivity index (χ1) is 10.7. The summed E-state index contributed by atoms with van der Waals surface area (Å²) < 4.78 is 14.5. The lowest BCUT2D eigenvalue weighted by atomic mass is 9.77. The third-order valence-corrected chi connectivity index (χ3v) is 5.05. The SMILES string of the molecule is CCC1CCC(c2ccc(-c3cccc(O)c3)c(F)c2)CC1. The van der Waals surface area contributed by atoms with E-state index in [2.05, 4.69) is 13.0 Å². The van der Waals surface area contributed by atoms with Crippen molar-refractivity contribution in [1.29, 1.82) is 0 Å². The number of benzene rings is 2. The lowest BCUT2D eigenvalue weighted by molar-refractivity contribution is 0.318. The first kappa shape index (κ1) is 15.1. The number of hydrogen-bond donors (Lipinski definition) is 1. The number of phenolic OH excluding ortho intramolecular Hbond substituents is 1. The molecule has 1 fully saturated rings. The highest BCUT2D eigenvalue weighted by Gasteiger charge is 2.22. The minimum absolute atomic E-state index is 0.166. The highest BCUT2D eigenvalue weighted by Crippen LogP contribution is 2.38. The van der Waals surface area contributed by atoms with Crippen molar-refractivity contribution in [3.05, 3.63) is 53.8 Å². The molecule has 0 heterocycles. The molecular formula is C20H23FO. The van der Waals surface area contributed by atoms with Gasteiger partial charge in [-0.1, -0.05) is 37.6 Å². The number of rotatable bonds is 3. The Hall–Kier alpha value is -1.83. The van der Waals surface area contributed by atoms with Crippen LogP contribution in [-0.4, -0.2) is 5.11 Å². The zero-order valence-corrected chi connectivity index (χ0v) is 13.1. The van der Waals surface area contributed by atoms with Crippen LogP contribution < -0.4 is 0 Å². The molecule has 0 amide bonds. The predicted molar refractivity (Wildman–Crippen MR) is 88.5 cm³/mol. The van der Waals surface area contributed by atoms with Gasteiger partial charge in [-0.05, 0) is 66.8 Å². The summed E-state index contributed by atoms with van der Waals surface area (Å²) in [6, 6.07) is 12.4. The van der Waals surface area contributed by atoms with Crippen LogP contribution in [0, 0.1) is 11.7 Å². The molecule has 116 valence electrons. The molecule has 2 heteroatoms. The maximum atomic E-state index is 14.5. The summed E-state index contributed by atoms with van der Waals surface area (Å²) in [7, 11) is 0. The summed E-state index contributed by atoms with van der Waals surface area (Å²) in [5.41, 5.74) is 2.40. The monoisotopic (exact) mass is 298 g/mol. The van der Waals surface area contributed by atoms with Crippen LogP contribution in [0.15, 0.2) is 42.5 Å². The Bertz CT molecular complexity index is 642. The van der Waals surface area contributed by atoms with Crippen LogP contribution in [0.5, 0.6) is 5.75 Å². The summed E-state index contributed by atoms with van der Waals surface area (Å²) in [5.74, 6) is 1.32. The fraction of sp³-hybridized carbons (Fsp3) is 0.400. The van der Waals surface area contributed by atoms with Gasteiger partial charge in [0.15, 0.2) is 0 Å². The van der Waals surface area contributed by atoms with Crippen molar-refractivity contribution in [2.45, 2.75) is 44.9 Å². The lowest BCUT2D eigenvalue weighted by Crippen LogP contribution is -2.12. The molecule has 0 radical (unpaired) electrons. The molecule has 0 saturated heterocycles. The molecule has 0 atom stereocenters. The summed E-state index contributed by atoms with van der Waals surface area (Å²) in [6.07, 6.45) is 6.12. The number of hydrogen-bond acceptors (Lipinski definition) is 1. The Morgan fingerprint density at radius 2 is 1.82 bits per heavy atom. The Kier molecular flexibility index (Phi) is 4.47. The predicted octanol–water partition coefficient (Wildman–Crippen LogP) is 5.88. The van der Waals surface area contributed by atoms with E-state index >= 15 is 0 Å². The minimum Gasteiger partial charge on any atom is -0.508 e. The van der Waals surface area contributed by atoms with E-state index in [0.29, 0.717) is 11.5 Å². The zero-order chi connectivity index (χ0) is 15.5. The fourth-order valence-corrected chi connectivity index (χ4v) is 3.60. The van der Waals surface area contributed by atoms with Crippen molar-refractivity contribution < 1.29 is 9.50 Å². The minimum atomic E-state index is -0.194. The molecule has 1 aliphatic rings. The van der Waals surface area contributed by atoms with E-state index in [9.17, 15) is 9.50 Å². The van der Waals surface area contributed by atoms with Gasteiger partial charge in [-0.3, -0.25) is 0 Å². The molecule has 1 nitrogen and oxygen atoms in total. The van der Waals surface area contributed by atoms with Crippen LogP contribution in [0.1, 0.15) is 50.5 Å². The first-order valence-corrected chi connectivity index (χ1v) is 8.26. The molecule has 1 saturated carbocycles. The van der Waals surface area contributed by atoms with Gasteiger partial charge in [0.05, 0.1) is 0 Å². The zero-order valence-electron chi connectivity index (χ0n) is 13.1. The van der Waals surface area contributed by atoms with Gasteiger partial charge in [-0.15, -0.1) is 0 Å². The molecule has 2 aromatic rings. The van der Waals surface area contributed by atoms with Gasteiger partial charge in [-0.25, -0.2) is 4.39 Å². The average molecular weight is 298 g/mol. The smallest absolute Gasteiger partial charge is 0.131 e. The van der Waals surface area contributed by atoms with Crippen molar-refractivity contribution in [2.75, 3.05) is 0 Å². The molecule has 0 bridgehead atoms. The van der Waals surface area contributed by atoms with Crippen LogP contribution in [0.2, 0.25) is 0 Å². The highest BCUT2D eigenvalue weighted by molar-refractivity contribution is 5.66. The van der Waals surface area contributed by atoms with Gasteiger partial charge >= 0.3 is 0 Å². The largest absolute Gasteiger partial charge is 0.508 e. The van der Waals surface area contributed by atoms with Crippen molar-refractivity contribution in [2.24, 2.45) is 5.92 Å². The Balaban J connectivity index is 1.81. The highest BCUT2D eigenvalue weighted by atomic mass is 19.1. The van der Waals surface area contributed by atoms with Crippen LogP contribution >= 0.6 is 0 Å². The molecule has 1 aliphatic carbocycles. The van der Waals surface area contributed by atoms with Crippen LogP contribution in [-0.2, 0) is 0 Å². The Morgan fingerprint density at radius 3 is 2.45 bits per heavy atom. The first-order valence-electron chi connectivity index (χ1n) is 8.26. The summed E-state index contributed by atoms with van der Waals surface area (Å²) in [6.45, 7) is 2.26. The summed E-state index contributed by atoms with van der Waals surface area (Å²) in [5, 5.41) is 9.55. The van der Waals surface area contributed by atoms with E-state index in [4.69, 9.17) is 0 Å². The standard InChI is InChI=1S/C20H23FO/c1-2-14-6-8-15(9-7-14)16-10-11-19(20(21)13-16)17-4-3-5-18(22)12-17/h3-5,10-15,22H,2,6-9H2,1H3. The van der Waals surface area contributed by atoms with E-state index in [1.54, 1.807) is 24.3 Å². The van der Waals surface area contributed by atoms with E-state index in [0.717, 1.165) is 17.0 Å². The number of phenols is 1. The molecule has 1 N–H and O–H groups in total. The van der Waals surface area contributed by atoms with Crippen LogP contribution in [0.25, 0.3) is 11.1 Å². The van der Waals surface area contributed by atoms with Gasteiger partial charge in [0.1, 0.15) is 11.6 Å². The fourth-order valence-electron chi connectivity index (χ4n) is 3.60. The van der Waals surface area contributed by atoms with Crippen molar-refractivity contribution in [3.8, 4) is 16.9 Å². The molecule has 0 spiro atoms. The molecule has 0 aliphatic heterocycles. The number of halogens is 1. The van der Waals surface area contributed by atoms with Crippen LogP contribution in [0.3, 0.4) is 0 Å². The molecule has 22 heavy (non-hydrogen) atoms. The van der Waals surface area contributed by atoms with E-state index in [1.807, 2.05) is 12.1 Å². The normalized spacial score (nSPS) is 21.7. The lowest BCUT2D eigenvalue weighted by Gasteiger charge is -2.28. The molecule has 0 aromatic heterocycles. The quantitative estimate of drug-likeness (QED) is 0.750. The van der Waals surface area contributed by atoms with Crippen LogP contribution in [0.4, 0.5) is 4.39 Å². The molecule has 3 rings (SSSR count). The van der Waals surface area contributed by atoms with Gasteiger partial charge in [0, 0.05) is 5.56 Å². The maximum Gasteiger partial charge on any atom is 0.131 e. The van der Waals surface area contributed by atoms with E-state index in [-0.39, 0.29) is 11.6 Å². The van der Waals surface area contributed by atoms with E-state index < -0.39 is 0 Å². The second kappa shape index (κ2) is 6.51. The van der Waals surface area contributed by atoms with Crippen molar-refractivity contribution in [3.63, 3.8) is 0 Å². The van der Waals surface area contributed by atoms with Gasteiger partial charge in [0.25, 0.3) is 0 Å². The number of aromatic hydroxyl groups is 1. The van der Waals surface area contributed by atoms with Crippen molar-refractivity contribution in [1.82, 2.24) is 0 Å². The second-order valence-corrected chi connectivity index (χ2v) is 6.42.